The highest BCUT2D eigenvalue weighted by atomic mass is 32.2. The number of aryl methyl sites for hydroxylation is 2. The highest BCUT2D eigenvalue weighted by Crippen LogP contribution is 2.25. The Balaban J connectivity index is 1.65. The summed E-state index contributed by atoms with van der Waals surface area (Å²) in [6.45, 7) is 6.16. The molecule has 0 saturated heterocycles. The second-order valence-corrected chi connectivity index (χ2v) is 7.19. The van der Waals surface area contributed by atoms with Gasteiger partial charge in [0.25, 0.3) is 0 Å². The lowest BCUT2D eigenvalue weighted by Crippen LogP contribution is -2.10. The van der Waals surface area contributed by atoms with Gasteiger partial charge in [-0.3, -0.25) is 0 Å². The molecule has 0 fully saturated rings. The predicted molar refractivity (Wildman–Crippen MR) is 102 cm³/mol. The van der Waals surface area contributed by atoms with Crippen LogP contribution in [0.5, 0.6) is 5.75 Å². The minimum absolute atomic E-state index is 0.158. The molecular weight excluding hydrogens is 330 g/mol. The second kappa shape index (κ2) is 7.74. The van der Waals surface area contributed by atoms with Crippen LogP contribution in [0.25, 0.3) is 0 Å². The molecule has 25 heavy (non-hydrogen) atoms. The molecule has 1 unspecified atom stereocenters. The number of nitrogens with zero attached hydrogens (tertiary/aromatic N) is 3. The Labute approximate surface area is 153 Å². The molecule has 2 aromatic carbocycles. The molecule has 0 amide bonds. The molecule has 0 aliphatic heterocycles. The molecule has 0 bridgehead atoms. The van der Waals surface area contributed by atoms with Gasteiger partial charge in [0.15, 0.2) is 17.1 Å². The van der Waals surface area contributed by atoms with E-state index in [4.69, 9.17) is 4.74 Å². The van der Waals surface area contributed by atoms with Crippen LogP contribution in [0.3, 0.4) is 0 Å². The fourth-order valence-electron chi connectivity index (χ4n) is 2.51. The van der Waals surface area contributed by atoms with Crippen molar-refractivity contribution in [1.82, 2.24) is 14.8 Å². The molecule has 0 radical (unpaired) electrons. The van der Waals surface area contributed by atoms with Crippen molar-refractivity contribution in [2.45, 2.75) is 37.8 Å². The first kappa shape index (κ1) is 17.5. The fourth-order valence-corrected chi connectivity index (χ4v) is 3.39. The molecule has 3 aromatic rings. The number of thioether (sulfide) groups is 1. The van der Waals surface area contributed by atoms with E-state index in [1.165, 1.54) is 16.7 Å². The summed E-state index contributed by atoms with van der Waals surface area (Å²) in [6.07, 6.45) is -0.158. The van der Waals surface area contributed by atoms with Gasteiger partial charge in [0.05, 0.1) is 0 Å². The largest absolute Gasteiger partial charge is 0.483 e. The van der Waals surface area contributed by atoms with Crippen LogP contribution in [-0.4, -0.2) is 14.8 Å². The van der Waals surface area contributed by atoms with E-state index in [2.05, 4.69) is 48.3 Å². The van der Waals surface area contributed by atoms with Gasteiger partial charge in [0.2, 0.25) is 0 Å². The van der Waals surface area contributed by atoms with Crippen LogP contribution in [0, 0.1) is 13.8 Å². The van der Waals surface area contributed by atoms with Gasteiger partial charge in [-0.15, -0.1) is 10.2 Å². The van der Waals surface area contributed by atoms with Gasteiger partial charge in [-0.25, -0.2) is 0 Å². The van der Waals surface area contributed by atoms with Gasteiger partial charge < -0.3 is 9.30 Å². The summed E-state index contributed by atoms with van der Waals surface area (Å²) in [6, 6.07) is 16.6. The highest BCUT2D eigenvalue weighted by Gasteiger charge is 2.17. The zero-order valence-electron chi connectivity index (χ0n) is 15.1. The molecule has 4 nitrogen and oxygen atoms in total. The van der Waals surface area contributed by atoms with Gasteiger partial charge in [-0.05, 0) is 38.5 Å². The monoisotopic (exact) mass is 353 g/mol. The van der Waals surface area contributed by atoms with Crippen LogP contribution in [-0.2, 0) is 12.8 Å². The summed E-state index contributed by atoms with van der Waals surface area (Å²) in [5.74, 6) is 2.54. The molecule has 1 atom stereocenters. The van der Waals surface area contributed by atoms with Crippen molar-refractivity contribution in [2.75, 3.05) is 0 Å². The van der Waals surface area contributed by atoms with E-state index in [-0.39, 0.29) is 6.10 Å². The zero-order chi connectivity index (χ0) is 17.8. The summed E-state index contributed by atoms with van der Waals surface area (Å²) in [7, 11) is 1.99. The van der Waals surface area contributed by atoms with E-state index >= 15 is 0 Å². The lowest BCUT2D eigenvalue weighted by molar-refractivity contribution is 0.211. The molecular formula is C20H23N3OS. The van der Waals surface area contributed by atoms with Crippen molar-refractivity contribution in [1.29, 1.82) is 0 Å². The summed E-state index contributed by atoms with van der Waals surface area (Å²) in [5.41, 5.74) is 3.77. The van der Waals surface area contributed by atoms with Gasteiger partial charge in [-0.1, -0.05) is 59.3 Å². The van der Waals surface area contributed by atoms with E-state index in [0.29, 0.717) is 0 Å². The molecule has 0 N–H and O–H groups in total. The van der Waals surface area contributed by atoms with Crippen LogP contribution in [0.4, 0.5) is 0 Å². The summed E-state index contributed by atoms with van der Waals surface area (Å²) >= 11 is 1.69. The number of hydrogen-bond acceptors (Lipinski definition) is 4. The molecule has 3 rings (SSSR count). The minimum atomic E-state index is -0.158. The maximum absolute atomic E-state index is 5.99. The van der Waals surface area contributed by atoms with E-state index in [9.17, 15) is 0 Å². The average molecular weight is 353 g/mol. The molecule has 0 aliphatic carbocycles. The molecule has 0 aliphatic rings. The van der Waals surface area contributed by atoms with Crippen molar-refractivity contribution in [3.05, 3.63) is 71.0 Å². The Morgan fingerprint density at radius 3 is 2.20 bits per heavy atom. The fraction of sp³-hybridized carbons (Fsp3) is 0.300. The van der Waals surface area contributed by atoms with Crippen LogP contribution < -0.4 is 4.74 Å². The maximum Gasteiger partial charge on any atom is 0.191 e. The first-order valence-electron chi connectivity index (χ1n) is 8.34. The topological polar surface area (TPSA) is 39.9 Å². The standard InChI is InChI=1S/C20H23N3OS/c1-14-5-9-17(10-6-14)13-25-20-22-21-19(23(20)4)16(3)24-18-11-7-15(2)8-12-18/h5-12,16H,13H2,1-4H3. The number of hydrogen-bond donors (Lipinski definition) is 0. The molecule has 0 spiro atoms. The Morgan fingerprint density at radius 1 is 0.960 bits per heavy atom. The van der Waals surface area contributed by atoms with Crippen molar-refractivity contribution in [2.24, 2.45) is 7.05 Å². The van der Waals surface area contributed by atoms with Gasteiger partial charge in [0.1, 0.15) is 5.75 Å². The maximum atomic E-state index is 5.99. The van der Waals surface area contributed by atoms with Gasteiger partial charge in [0, 0.05) is 12.8 Å². The third kappa shape index (κ3) is 4.42. The second-order valence-electron chi connectivity index (χ2n) is 6.25. The highest BCUT2D eigenvalue weighted by molar-refractivity contribution is 7.98. The van der Waals surface area contributed by atoms with Crippen LogP contribution in [0.1, 0.15) is 35.5 Å². The van der Waals surface area contributed by atoms with Crippen LogP contribution in [0.2, 0.25) is 0 Å². The van der Waals surface area contributed by atoms with Crippen molar-refractivity contribution < 1.29 is 4.74 Å². The zero-order valence-corrected chi connectivity index (χ0v) is 15.9. The Bertz CT molecular complexity index is 825. The summed E-state index contributed by atoms with van der Waals surface area (Å²) in [4.78, 5) is 0. The number of benzene rings is 2. The Morgan fingerprint density at radius 2 is 1.56 bits per heavy atom. The summed E-state index contributed by atoms with van der Waals surface area (Å²) in [5, 5.41) is 9.54. The van der Waals surface area contributed by atoms with Gasteiger partial charge >= 0.3 is 0 Å². The van der Waals surface area contributed by atoms with E-state index in [1.807, 2.05) is 42.8 Å². The first-order valence-corrected chi connectivity index (χ1v) is 9.32. The van der Waals surface area contributed by atoms with Crippen molar-refractivity contribution >= 4 is 11.8 Å². The van der Waals surface area contributed by atoms with Crippen LogP contribution in [0.15, 0.2) is 53.7 Å². The number of rotatable bonds is 6. The van der Waals surface area contributed by atoms with Gasteiger partial charge in [-0.2, -0.15) is 0 Å². The lowest BCUT2D eigenvalue weighted by Gasteiger charge is -2.14. The SMILES string of the molecule is Cc1ccc(CSc2nnc(C(C)Oc3ccc(C)cc3)n2C)cc1. The van der Waals surface area contributed by atoms with Crippen molar-refractivity contribution in [3.8, 4) is 5.75 Å². The third-order valence-electron chi connectivity index (χ3n) is 4.05. The predicted octanol–water partition coefficient (Wildman–Crippen LogP) is 4.86. The molecule has 1 aromatic heterocycles. The smallest absolute Gasteiger partial charge is 0.191 e. The number of aromatic nitrogens is 3. The van der Waals surface area contributed by atoms with Crippen molar-refractivity contribution in [3.63, 3.8) is 0 Å². The number of ether oxygens (including phenoxy) is 1. The Kier molecular flexibility index (Phi) is 5.43. The Hall–Kier alpha value is -2.27. The van der Waals surface area contributed by atoms with E-state index in [0.717, 1.165) is 22.5 Å². The minimum Gasteiger partial charge on any atom is -0.483 e. The summed E-state index contributed by atoms with van der Waals surface area (Å²) < 4.78 is 8.00. The normalized spacial score (nSPS) is 12.2. The molecule has 1 heterocycles. The quantitative estimate of drug-likeness (QED) is 0.593. The van der Waals surface area contributed by atoms with E-state index in [1.54, 1.807) is 11.8 Å². The molecule has 0 saturated carbocycles. The third-order valence-corrected chi connectivity index (χ3v) is 5.15. The first-order chi connectivity index (χ1) is 12.0. The molecule has 5 heteroatoms. The lowest BCUT2D eigenvalue weighted by atomic mass is 10.2. The van der Waals surface area contributed by atoms with E-state index < -0.39 is 0 Å². The average Bonchev–Trinajstić information content (AvgIpc) is 2.97. The van der Waals surface area contributed by atoms with Crippen LogP contribution >= 0.6 is 11.8 Å². The molecule has 130 valence electrons.